The normalized spacial score (nSPS) is 19.1. The number of hydrogen-bond acceptors (Lipinski definition) is 3. The van der Waals surface area contributed by atoms with E-state index in [1.54, 1.807) is 18.2 Å². The van der Waals surface area contributed by atoms with Crippen molar-refractivity contribution in [1.29, 1.82) is 0 Å². The van der Waals surface area contributed by atoms with Gasteiger partial charge in [0.1, 0.15) is 38.4 Å². The van der Waals surface area contributed by atoms with E-state index in [0.717, 1.165) is 32.7 Å². The van der Waals surface area contributed by atoms with Gasteiger partial charge in [0.05, 0.1) is 4.92 Å². The molecule has 2 aromatic rings. The molecule has 2 aromatic carbocycles. The number of quaternary nitrogens is 2. The largest absolute Gasteiger partial charge is 0.322 e. The van der Waals surface area contributed by atoms with Crippen LogP contribution in [0.3, 0.4) is 0 Å². The van der Waals surface area contributed by atoms with Gasteiger partial charge < -0.3 is 15.1 Å². The molecule has 0 unspecified atom stereocenters. The Morgan fingerprint density at radius 1 is 1.03 bits per heavy atom. The van der Waals surface area contributed by atoms with Crippen LogP contribution in [0.2, 0.25) is 0 Å². The van der Waals surface area contributed by atoms with Gasteiger partial charge in [-0.1, -0.05) is 50.2 Å². The summed E-state index contributed by atoms with van der Waals surface area (Å²) in [5.74, 6) is 0.369. The van der Waals surface area contributed by atoms with Crippen molar-refractivity contribution in [3.8, 4) is 0 Å². The Labute approximate surface area is 171 Å². The highest BCUT2D eigenvalue weighted by atomic mass is 16.6. The molecule has 1 aliphatic heterocycles. The van der Waals surface area contributed by atoms with Gasteiger partial charge in [-0.2, -0.15) is 0 Å². The summed E-state index contributed by atoms with van der Waals surface area (Å²) >= 11 is 0. The van der Waals surface area contributed by atoms with Crippen LogP contribution in [-0.4, -0.2) is 43.6 Å². The molecule has 0 aromatic heterocycles. The second-order valence-corrected chi connectivity index (χ2v) is 8.07. The highest BCUT2D eigenvalue weighted by Gasteiger charge is 2.25. The van der Waals surface area contributed by atoms with Crippen LogP contribution >= 0.6 is 0 Å². The molecular formula is C22H30N4O3+2. The standard InChI is InChI=1S/C22H28N4O3/c1-17(2)19-9-7-18(8-10-19)15-24-11-13-25(14-12-24)16-22(27)23-20-5-3-4-6-21(20)26(28)29/h3-10,17H,11-16H2,1-2H3,(H,23,27)/p+2. The highest BCUT2D eigenvalue weighted by molar-refractivity contribution is 5.93. The molecule has 1 amide bonds. The molecule has 0 saturated carbocycles. The van der Waals surface area contributed by atoms with Crippen molar-refractivity contribution >= 4 is 17.3 Å². The van der Waals surface area contributed by atoms with Crippen molar-refractivity contribution in [3.63, 3.8) is 0 Å². The number of piperazine rings is 1. The minimum absolute atomic E-state index is 0.0754. The third-order valence-electron chi connectivity index (χ3n) is 5.55. The molecule has 0 atom stereocenters. The number of hydrogen-bond donors (Lipinski definition) is 3. The first-order valence-corrected chi connectivity index (χ1v) is 10.2. The third-order valence-corrected chi connectivity index (χ3v) is 5.55. The molecule has 1 fully saturated rings. The first kappa shape index (κ1) is 21.0. The van der Waals surface area contributed by atoms with Gasteiger partial charge in [0.25, 0.3) is 11.6 Å². The Morgan fingerprint density at radius 3 is 2.28 bits per heavy atom. The molecule has 3 rings (SSSR count). The Balaban J connectivity index is 1.46. The highest BCUT2D eigenvalue weighted by Crippen LogP contribution is 2.22. The second kappa shape index (κ2) is 9.62. The molecule has 1 saturated heterocycles. The topological polar surface area (TPSA) is 81.1 Å². The molecule has 7 nitrogen and oxygen atoms in total. The number of benzene rings is 2. The number of amides is 1. The summed E-state index contributed by atoms with van der Waals surface area (Å²) in [4.78, 5) is 25.7. The smallest absolute Gasteiger partial charge is 0.292 e. The number of nitrogens with one attached hydrogen (secondary N) is 3. The van der Waals surface area contributed by atoms with E-state index >= 15 is 0 Å². The minimum Gasteiger partial charge on any atom is -0.322 e. The summed E-state index contributed by atoms with van der Waals surface area (Å²) in [6.07, 6.45) is 0. The van der Waals surface area contributed by atoms with E-state index < -0.39 is 4.92 Å². The van der Waals surface area contributed by atoms with Crippen LogP contribution in [0, 0.1) is 10.1 Å². The number of nitrogens with zero attached hydrogens (tertiary/aromatic N) is 1. The monoisotopic (exact) mass is 398 g/mol. The summed E-state index contributed by atoms with van der Waals surface area (Å²) < 4.78 is 0. The average Bonchev–Trinajstić information content (AvgIpc) is 2.70. The van der Waals surface area contributed by atoms with Gasteiger partial charge in [-0.05, 0) is 17.5 Å². The SMILES string of the molecule is CC(C)c1ccc(C[NH+]2CC[NH+](CC(=O)Nc3ccccc3[N+](=O)[O-])CC2)cc1. The molecule has 0 spiro atoms. The number of anilines is 1. The van der Waals surface area contributed by atoms with Gasteiger partial charge in [-0.3, -0.25) is 14.9 Å². The second-order valence-electron chi connectivity index (χ2n) is 8.07. The zero-order valence-electron chi connectivity index (χ0n) is 17.1. The lowest BCUT2D eigenvalue weighted by molar-refractivity contribution is -1.02. The number of nitro groups is 1. The van der Waals surface area contributed by atoms with Crippen LogP contribution in [0.4, 0.5) is 11.4 Å². The lowest BCUT2D eigenvalue weighted by atomic mass is 10.0. The number of para-hydroxylation sites is 2. The Bertz CT molecular complexity index is 843. The van der Waals surface area contributed by atoms with Crippen LogP contribution in [-0.2, 0) is 11.3 Å². The Kier molecular flexibility index (Phi) is 6.95. The number of rotatable bonds is 7. The van der Waals surface area contributed by atoms with Crippen molar-refractivity contribution in [2.24, 2.45) is 0 Å². The average molecular weight is 399 g/mol. The fourth-order valence-electron chi connectivity index (χ4n) is 3.78. The van der Waals surface area contributed by atoms with Gasteiger partial charge in [0, 0.05) is 11.6 Å². The van der Waals surface area contributed by atoms with Crippen LogP contribution in [0.25, 0.3) is 0 Å². The Morgan fingerprint density at radius 2 is 1.66 bits per heavy atom. The zero-order chi connectivity index (χ0) is 20.8. The summed E-state index contributed by atoms with van der Waals surface area (Å²) in [6.45, 7) is 9.62. The quantitative estimate of drug-likeness (QED) is 0.473. The van der Waals surface area contributed by atoms with Gasteiger partial charge in [-0.15, -0.1) is 0 Å². The van der Waals surface area contributed by atoms with E-state index in [0.29, 0.717) is 12.5 Å². The molecular weight excluding hydrogens is 368 g/mol. The van der Waals surface area contributed by atoms with Gasteiger partial charge >= 0.3 is 0 Å². The summed E-state index contributed by atoms with van der Waals surface area (Å²) in [7, 11) is 0. The third kappa shape index (κ3) is 5.85. The van der Waals surface area contributed by atoms with Crippen LogP contribution in [0.1, 0.15) is 30.9 Å². The predicted molar refractivity (Wildman–Crippen MR) is 112 cm³/mol. The van der Waals surface area contributed by atoms with Crippen molar-refractivity contribution in [1.82, 2.24) is 0 Å². The van der Waals surface area contributed by atoms with Crippen molar-refractivity contribution in [3.05, 3.63) is 69.8 Å². The summed E-state index contributed by atoms with van der Waals surface area (Å²) in [6, 6.07) is 15.1. The van der Waals surface area contributed by atoms with E-state index in [2.05, 4.69) is 43.4 Å². The molecule has 3 N–H and O–H groups in total. The Hall–Kier alpha value is -2.77. The number of carbonyl (C=O) groups is 1. The van der Waals surface area contributed by atoms with E-state index in [4.69, 9.17) is 0 Å². The number of carbonyl (C=O) groups excluding carboxylic acids is 1. The van der Waals surface area contributed by atoms with E-state index in [9.17, 15) is 14.9 Å². The lowest BCUT2D eigenvalue weighted by Crippen LogP contribution is -3.28. The maximum atomic E-state index is 12.4. The first-order chi connectivity index (χ1) is 13.9. The zero-order valence-corrected chi connectivity index (χ0v) is 17.1. The lowest BCUT2D eigenvalue weighted by Gasteiger charge is -2.29. The van der Waals surface area contributed by atoms with Gasteiger partial charge in [0.2, 0.25) is 0 Å². The first-order valence-electron chi connectivity index (χ1n) is 10.2. The fraction of sp³-hybridized carbons (Fsp3) is 0.409. The van der Waals surface area contributed by atoms with Gasteiger partial charge in [0.15, 0.2) is 6.54 Å². The predicted octanol–water partition coefficient (Wildman–Crippen LogP) is 0.640. The van der Waals surface area contributed by atoms with Crippen LogP contribution in [0.15, 0.2) is 48.5 Å². The van der Waals surface area contributed by atoms with Crippen molar-refractivity contribution in [2.45, 2.75) is 26.3 Å². The van der Waals surface area contributed by atoms with E-state index in [1.165, 1.54) is 27.0 Å². The molecule has 0 bridgehead atoms. The molecule has 1 heterocycles. The molecule has 154 valence electrons. The van der Waals surface area contributed by atoms with Crippen LogP contribution in [0.5, 0.6) is 0 Å². The molecule has 0 radical (unpaired) electrons. The van der Waals surface area contributed by atoms with Crippen molar-refractivity contribution in [2.75, 3.05) is 38.0 Å². The minimum atomic E-state index is -0.474. The fourth-order valence-corrected chi connectivity index (χ4v) is 3.78. The maximum Gasteiger partial charge on any atom is 0.292 e. The van der Waals surface area contributed by atoms with Crippen LogP contribution < -0.4 is 15.1 Å². The summed E-state index contributed by atoms with van der Waals surface area (Å²) in [5, 5.41) is 13.8. The number of nitro benzene ring substituents is 1. The summed E-state index contributed by atoms with van der Waals surface area (Å²) in [5.41, 5.74) is 2.90. The van der Waals surface area contributed by atoms with E-state index in [1.807, 2.05) is 0 Å². The molecule has 7 heteroatoms. The molecule has 0 aliphatic carbocycles. The van der Waals surface area contributed by atoms with Crippen molar-refractivity contribution < 1.29 is 19.5 Å². The van der Waals surface area contributed by atoms with Gasteiger partial charge in [-0.25, -0.2) is 0 Å². The maximum absolute atomic E-state index is 12.4. The molecule has 1 aliphatic rings. The molecule has 29 heavy (non-hydrogen) atoms. The van der Waals surface area contributed by atoms with E-state index in [-0.39, 0.29) is 17.3 Å².